The topological polar surface area (TPSA) is 39.2 Å². The Morgan fingerprint density at radius 2 is 1.89 bits per heavy atom. The molecule has 0 unspecified atom stereocenters. The highest BCUT2D eigenvalue weighted by molar-refractivity contribution is 6.34. The van der Waals surface area contributed by atoms with Crippen molar-refractivity contribution in [3.63, 3.8) is 0 Å². The summed E-state index contributed by atoms with van der Waals surface area (Å²) in [5, 5.41) is 1.99. The van der Waals surface area contributed by atoms with Crippen LogP contribution < -0.4 is 0 Å². The van der Waals surface area contributed by atoms with E-state index in [0.717, 1.165) is 36.5 Å². The molecule has 1 aliphatic carbocycles. The van der Waals surface area contributed by atoms with E-state index in [1.54, 1.807) is 0 Å². The highest BCUT2D eigenvalue weighted by atomic mass is 35.5. The van der Waals surface area contributed by atoms with Gasteiger partial charge in [-0.2, -0.15) is 0 Å². The molecular formula is C15H14ClNO2. The van der Waals surface area contributed by atoms with E-state index in [-0.39, 0.29) is 12.1 Å². The fourth-order valence-corrected chi connectivity index (χ4v) is 2.76. The van der Waals surface area contributed by atoms with Gasteiger partial charge in [-0.05, 0) is 25.7 Å². The van der Waals surface area contributed by atoms with E-state index < -0.39 is 0 Å². The zero-order valence-corrected chi connectivity index (χ0v) is 11.2. The first-order chi connectivity index (χ1) is 9.25. The first-order valence-electron chi connectivity index (χ1n) is 6.50. The molecule has 0 bridgehead atoms. The summed E-state index contributed by atoms with van der Waals surface area (Å²) < 4.78 is 5.52. The van der Waals surface area contributed by atoms with Crippen LogP contribution in [0, 0.1) is 0 Å². The van der Waals surface area contributed by atoms with E-state index in [0.29, 0.717) is 10.7 Å². The lowest BCUT2D eigenvalue weighted by Gasteiger charge is -2.12. The second-order valence-electron chi connectivity index (χ2n) is 4.82. The Morgan fingerprint density at radius 3 is 2.63 bits per heavy atom. The monoisotopic (exact) mass is 275 g/mol. The highest BCUT2D eigenvalue weighted by Gasteiger charge is 2.21. The summed E-state index contributed by atoms with van der Waals surface area (Å²) in [6.07, 6.45) is 5.76. The Bertz CT molecular complexity index is 621. The van der Waals surface area contributed by atoms with Gasteiger partial charge in [0.1, 0.15) is 11.3 Å². The number of pyridine rings is 1. The third-order valence-corrected chi connectivity index (χ3v) is 3.84. The van der Waals surface area contributed by atoms with Gasteiger partial charge in [-0.15, -0.1) is 0 Å². The Hall–Kier alpha value is -1.61. The summed E-state index contributed by atoms with van der Waals surface area (Å²) in [6, 6.07) is 7.48. The number of fused-ring (bicyclic) bond motifs is 1. The number of halogens is 1. The van der Waals surface area contributed by atoms with E-state index in [2.05, 4.69) is 4.98 Å². The molecule has 3 nitrogen and oxygen atoms in total. The van der Waals surface area contributed by atoms with Crippen LogP contribution >= 0.6 is 11.6 Å². The second kappa shape index (κ2) is 5.17. The summed E-state index contributed by atoms with van der Waals surface area (Å²) in [6.45, 7) is 0. The van der Waals surface area contributed by atoms with Crippen LogP contribution in [0.5, 0.6) is 0 Å². The number of hydrogen-bond donors (Lipinski definition) is 0. The van der Waals surface area contributed by atoms with Gasteiger partial charge in [0.25, 0.3) is 0 Å². The van der Waals surface area contributed by atoms with Crippen LogP contribution in [0.25, 0.3) is 10.8 Å². The molecule has 1 aromatic carbocycles. The molecule has 0 saturated heterocycles. The van der Waals surface area contributed by atoms with Gasteiger partial charge in [0.2, 0.25) is 0 Å². The number of benzene rings is 1. The van der Waals surface area contributed by atoms with Gasteiger partial charge in [0.15, 0.2) is 0 Å². The predicted molar refractivity (Wildman–Crippen MR) is 74.4 cm³/mol. The SMILES string of the molecule is O=C(OC1CCCC1)c1cnc(Cl)c2ccccc12. The summed E-state index contributed by atoms with van der Waals surface area (Å²) >= 11 is 6.04. The molecule has 1 aromatic heterocycles. The molecular weight excluding hydrogens is 262 g/mol. The number of aromatic nitrogens is 1. The minimum absolute atomic E-state index is 0.0574. The highest BCUT2D eigenvalue weighted by Crippen LogP contribution is 2.27. The number of ether oxygens (including phenoxy) is 1. The third kappa shape index (κ3) is 2.43. The fourth-order valence-electron chi connectivity index (χ4n) is 2.54. The number of carbonyl (C=O) groups excluding carboxylic acids is 1. The molecule has 0 N–H and O–H groups in total. The number of esters is 1. The maximum atomic E-state index is 12.2. The van der Waals surface area contributed by atoms with Crippen molar-refractivity contribution >= 4 is 28.3 Å². The van der Waals surface area contributed by atoms with Gasteiger partial charge < -0.3 is 4.74 Å². The lowest BCUT2D eigenvalue weighted by atomic mass is 10.1. The molecule has 1 heterocycles. The smallest absolute Gasteiger partial charge is 0.340 e. The van der Waals surface area contributed by atoms with Crippen LogP contribution in [0.1, 0.15) is 36.0 Å². The molecule has 0 spiro atoms. The van der Waals surface area contributed by atoms with Crippen LogP contribution in [0.15, 0.2) is 30.5 Å². The maximum Gasteiger partial charge on any atom is 0.340 e. The van der Waals surface area contributed by atoms with Crippen molar-refractivity contribution in [3.05, 3.63) is 41.2 Å². The predicted octanol–water partition coefficient (Wildman–Crippen LogP) is 3.99. The third-order valence-electron chi connectivity index (χ3n) is 3.54. The zero-order valence-electron chi connectivity index (χ0n) is 10.4. The summed E-state index contributed by atoms with van der Waals surface area (Å²) in [5.41, 5.74) is 0.493. The molecule has 98 valence electrons. The number of carbonyl (C=O) groups is 1. The standard InChI is InChI=1S/C15H14ClNO2/c16-14-12-8-4-3-7-11(12)13(9-17-14)15(18)19-10-5-1-2-6-10/h3-4,7-10H,1-2,5-6H2. The molecule has 1 saturated carbocycles. The van der Waals surface area contributed by atoms with Crippen molar-refractivity contribution in [2.45, 2.75) is 31.8 Å². The van der Waals surface area contributed by atoms with Gasteiger partial charge in [0.05, 0.1) is 5.56 Å². The van der Waals surface area contributed by atoms with Crippen molar-refractivity contribution in [2.24, 2.45) is 0 Å². The van der Waals surface area contributed by atoms with E-state index in [9.17, 15) is 4.79 Å². The number of rotatable bonds is 2. The second-order valence-corrected chi connectivity index (χ2v) is 5.18. The molecule has 1 aliphatic rings. The summed E-state index contributed by atoms with van der Waals surface area (Å²) in [5.74, 6) is -0.299. The Kier molecular flexibility index (Phi) is 3.38. The number of nitrogens with zero attached hydrogens (tertiary/aromatic N) is 1. The largest absolute Gasteiger partial charge is 0.459 e. The first kappa shape index (κ1) is 12.4. The van der Waals surface area contributed by atoms with Gasteiger partial charge >= 0.3 is 5.97 Å². The van der Waals surface area contributed by atoms with E-state index in [4.69, 9.17) is 16.3 Å². The van der Waals surface area contributed by atoms with Crippen molar-refractivity contribution in [1.29, 1.82) is 0 Å². The van der Waals surface area contributed by atoms with E-state index >= 15 is 0 Å². The van der Waals surface area contributed by atoms with Gasteiger partial charge in [-0.25, -0.2) is 9.78 Å². The van der Waals surface area contributed by atoms with Crippen molar-refractivity contribution in [3.8, 4) is 0 Å². The van der Waals surface area contributed by atoms with E-state index in [1.807, 2.05) is 24.3 Å². The fraction of sp³-hybridized carbons (Fsp3) is 0.333. The number of hydrogen-bond acceptors (Lipinski definition) is 3. The van der Waals surface area contributed by atoms with Crippen LogP contribution in [-0.4, -0.2) is 17.1 Å². The summed E-state index contributed by atoms with van der Waals surface area (Å²) in [4.78, 5) is 16.3. The average Bonchev–Trinajstić information content (AvgIpc) is 2.92. The van der Waals surface area contributed by atoms with Crippen molar-refractivity contribution < 1.29 is 9.53 Å². The molecule has 0 atom stereocenters. The molecule has 2 aromatic rings. The van der Waals surface area contributed by atoms with Gasteiger partial charge in [-0.1, -0.05) is 35.9 Å². The Labute approximate surface area is 116 Å². The Morgan fingerprint density at radius 1 is 1.21 bits per heavy atom. The van der Waals surface area contributed by atoms with Crippen molar-refractivity contribution in [2.75, 3.05) is 0 Å². The summed E-state index contributed by atoms with van der Waals surface area (Å²) in [7, 11) is 0. The first-order valence-corrected chi connectivity index (χ1v) is 6.88. The van der Waals surface area contributed by atoms with Gasteiger partial charge in [-0.3, -0.25) is 0 Å². The van der Waals surface area contributed by atoms with Gasteiger partial charge in [0, 0.05) is 17.0 Å². The van der Waals surface area contributed by atoms with Crippen LogP contribution in [0.3, 0.4) is 0 Å². The molecule has 3 rings (SSSR count). The maximum absolute atomic E-state index is 12.2. The quantitative estimate of drug-likeness (QED) is 0.614. The average molecular weight is 276 g/mol. The zero-order chi connectivity index (χ0) is 13.2. The van der Waals surface area contributed by atoms with E-state index in [1.165, 1.54) is 6.20 Å². The molecule has 0 aliphatic heterocycles. The Balaban J connectivity index is 1.95. The normalized spacial score (nSPS) is 15.8. The minimum Gasteiger partial charge on any atom is -0.459 e. The lowest BCUT2D eigenvalue weighted by molar-refractivity contribution is 0.0320. The lowest BCUT2D eigenvalue weighted by Crippen LogP contribution is -2.15. The van der Waals surface area contributed by atoms with Crippen molar-refractivity contribution in [1.82, 2.24) is 4.98 Å². The molecule has 0 radical (unpaired) electrons. The minimum atomic E-state index is -0.299. The van der Waals surface area contributed by atoms with Crippen LogP contribution in [-0.2, 0) is 4.74 Å². The van der Waals surface area contributed by atoms with Crippen LogP contribution in [0.2, 0.25) is 5.15 Å². The molecule has 4 heteroatoms. The molecule has 19 heavy (non-hydrogen) atoms. The molecule has 1 fully saturated rings. The van der Waals surface area contributed by atoms with Crippen LogP contribution in [0.4, 0.5) is 0 Å². The molecule has 0 amide bonds.